The molecule has 0 bridgehead atoms. The number of halogens is 4. The summed E-state index contributed by atoms with van der Waals surface area (Å²) in [7, 11) is -4.25. The predicted molar refractivity (Wildman–Crippen MR) is 115 cm³/mol. The fourth-order valence-corrected chi connectivity index (χ4v) is 4.11. The summed E-state index contributed by atoms with van der Waals surface area (Å²) in [6.45, 7) is 7.14. The number of amides is 1. The quantitative estimate of drug-likeness (QED) is 0.499. The molecule has 8 nitrogen and oxygen atoms in total. The first-order chi connectivity index (χ1) is 15.0. The van der Waals surface area contributed by atoms with Crippen molar-refractivity contribution in [2.24, 2.45) is 0 Å². The third-order valence-electron chi connectivity index (χ3n) is 4.65. The first-order valence-electron chi connectivity index (χ1n) is 9.87. The Balaban J connectivity index is 1.88. The number of carbonyl (C=O) groups excluding carboxylic acids is 1. The van der Waals surface area contributed by atoms with E-state index in [2.05, 4.69) is 33.9 Å². The van der Waals surface area contributed by atoms with Crippen LogP contribution in [0.15, 0.2) is 35.5 Å². The Morgan fingerprint density at radius 1 is 1.25 bits per heavy atom. The largest absolute Gasteiger partial charge is 0.417 e. The average molecular weight is 496 g/mol. The highest BCUT2D eigenvalue weighted by molar-refractivity contribution is 7.89. The van der Waals surface area contributed by atoms with Crippen molar-refractivity contribution >= 4 is 33.2 Å². The molecule has 2 rings (SSSR count). The molecule has 1 heterocycles. The Hall–Kier alpha value is -2.15. The minimum atomic E-state index is -4.79. The molecule has 32 heavy (non-hydrogen) atoms. The second-order valence-corrected chi connectivity index (χ2v) is 9.03. The number of benzene rings is 1. The standard InChI is InChI=1S/C19H25ClF3N5O3S/c1-3-27(4-2)9-10-28-13-14(12-24-28)26-18(29)7-8-25-32(30,31)15-5-6-17(20)16(11-15)19(21,22)23/h5-6,11-13,25H,3-4,7-10H2,1-2H3,(H,26,29). The third-order valence-corrected chi connectivity index (χ3v) is 6.44. The predicted octanol–water partition coefficient (Wildman–Crippen LogP) is 3.20. The van der Waals surface area contributed by atoms with Crippen LogP contribution in [0.2, 0.25) is 5.02 Å². The van der Waals surface area contributed by atoms with Crippen LogP contribution >= 0.6 is 11.6 Å². The first-order valence-corrected chi connectivity index (χ1v) is 11.7. The Labute approximate surface area is 189 Å². The molecule has 178 valence electrons. The molecule has 0 saturated heterocycles. The van der Waals surface area contributed by atoms with Gasteiger partial charge in [0.1, 0.15) is 0 Å². The summed E-state index contributed by atoms with van der Waals surface area (Å²) in [5, 5.41) is 6.17. The van der Waals surface area contributed by atoms with Gasteiger partial charge in [0, 0.05) is 25.7 Å². The monoisotopic (exact) mass is 495 g/mol. The molecule has 1 aromatic carbocycles. The van der Waals surface area contributed by atoms with Gasteiger partial charge in [-0.25, -0.2) is 13.1 Å². The Kier molecular flexibility index (Phi) is 9.08. The van der Waals surface area contributed by atoms with Crippen LogP contribution in [-0.2, 0) is 27.5 Å². The highest BCUT2D eigenvalue weighted by Gasteiger charge is 2.34. The van der Waals surface area contributed by atoms with Gasteiger partial charge in [-0.3, -0.25) is 9.48 Å². The summed E-state index contributed by atoms with van der Waals surface area (Å²) in [5.74, 6) is -0.469. The smallest absolute Gasteiger partial charge is 0.323 e. The third kappa shape index (κ3) is 7.47. The van der Waals surface area contributed by atoms with E-state index < -0.39 is 37.6 Å². The number of sulfonamides is 1. The van der Waals surface area contributed by atoms with Crippen molar-refractivity contribution in [1.29, 1.82) is 0 Å². The first kappa shape index (κ1) is 26.1. The van der Waals surface area contributed by atoms with E-state index in [4.69, 9.17) is 11.6 Å². The maximum atomic E-state index is 12.9. The van der Waals surface area contributed by atoms with Crippen LogP contribution < -0.4 is 10.0 Å². The van der Waals surface area contributed by atoms with Gasteiger partial charge < -0.3 is 10.2 Å². The summed E-state index contributed by atoms with van der Waals surface area (Å²) in [6.07, 6.45) is -1.86. The van der Waals surface area contributed by atoms with Crippen molar-refractivity contribution in [2.45, 2.75) is 37.9 Å². The zero-order valence-corrected chi connectivity index (χ0v) is 19.2. The summed E-state index contributed by atoms with van der Waals surface area (Å²) in [6, 6.07) is 2.29. The molecular weight excluding hydrogens is 471 g/mol. The number of aromatic nitrogens is 2. The highest BCUT2D eigenvalue weighted by atomic mass is 35.5. The van der Waals surface area contributed by atoms with Crippen LogP contribution in [0.25, 0.3) is 0 Å². The van der Waals surface area contributed by atoms with Gasteiger partial charge >= 0.3 is 6.18 Å². The fraction of sp³-hybridized carbons (Fsp3) is 0.474. The molecule has 0 aliphatic carbocycles. The molecule has 2 N–H and O–H groups in total. The number of nitrogens with one attached hydrogen (secondary N) is 2. The molecule has 0 aliphatic rings. The molecule has 0 radical (unpaired) electrons. The number of alkyl halides is 3. The molecular formula is C19H25ClF3N5O3S. The minimum Gasteiger partial charge on any atom is -0.323 e. The van der Waals surface area contributed by atoms with Gasteiger partial charge in [-0.15, -0.1) is 0 Å². The van der Waals surface area contributed by atoms with Crippen molar-refractivity contribution in [2.75, 3.05) is 31.5 Å². The number of likely N-dealkylation sites (N-methyl/N-ethyl adjacent to an activating group) is 1. The molecule has 1 amide bonds. The van der Waals surface area contributed by atoms with E-state index >= 15 is 0 Å². The van der Waals surface area contributed by atoms with Crippen LogP contribution in [0.1, 0.15) is 25.8 Å². The van der Waals surface area contributed by atoms with E-state index in [9.17, 15) is 26.4 Å². The second-order valence-electron chi connectivity index (χ2n) is 6.85. The van der Waals surface area contributed by atoms with E-state index in [0.29, 0.717) is 18.3 Å². The average Bonchev–Trinajstić information content (AvgIpc) is 3.15. The molecule has 0 saturated carbocycles. The number of hydrogen-bond acceptors (Lipinski definition) is 5. The van der Waals surface area contributed by atoms with Crippen molar-refractivity contribution in [3.8, 4) is 0 Å². The molecule has 0 spiro atoms. The SMILES string of the molecule is CCN(CC)CCn1cc(NC(=O)CCNS(=O)(=O)c2ccc(Cl)c(C(F)(F)F)c2)cn1. The summed E-state index contributed by atoms with van der Waals surface area (Å²) in [5.41, 5.74) is -0.789. The van der Waals surface area contributed by atoms with Crippen molar-refractivity contribution in [3.05, 3.63) is 41.2 Å². The fourth-order valence-electron chi connectivity index (χ4n) is 2.83. The van der Waals surface area contributed by atoms with Gasteiger partial charge in [0.15, 0.2) is 0 Å². The lowest BCUT2D eigenvalue weighted by atomic mass is 10.2. The lowest BCUT2D eigenvalue weighted by Gasteiger charge is -2.17. The second kappa shape index (κ2) is 11.1. The maximum absolute atomic E-state index is 12.9. The van der Waals surface area contributed by atoms with E-state index in [1.54, 1.807) is 10.9 Å². The Morgan fingerprint density at radius 2 is 1.94 bits per heavy atom. The van der Waals surface area contributed by atoms with Crippen LogP contribution in [0.5, 0.6) is 0 Å². The zero-order chi connectivity index (χ0) is 23.9. The number of nitrogens with zero attached hydrogens (tertiary/aromatic N) is 3. The summed E-state index contributed by atoms with van der Waals surface area (Å²) >= 11 is 5.51. The molecule has 0 fully saturated rings. The number of anilines is 1. The molecule has 2 aromatic rings. The maximum Gasteiger partial charge on any atom is 0.417 e. The van der Waals surface area contributed by atoms with Crippen LogP contribution in [0, 0.1) is 0 Å². The normalized spacial score (nSPS) is 12.3. The van der Waals surface area contributed by atoms with Gasteiger partial charge in [0.05, 0.1) is 33.9 Å². The lowest BCUT2D eigenvalue weighted by Crippen LogP contribution is -2.28. The van der Waals surface area contributed by atoms with Crippen LogP contribution in [0.4, 0.5) is 18.9 Å². The van der Waals surface area contributed by atoms with Gasteiger partial charge in [-0.2, -0.15) is 18.3 Å². The van der Waals surface area contributed by atoms with Crippen molar-refractivity contribution < 1.29 is 26.4 Å². The van der Waals surface area contributed by atoms with Crippen LogP contribution in [-0.4, -0.2) is 55.2 Å². The van der Waals surface area contributed by atoms with Crippen molar-refractivity contribution in [3.63, 3.8) is 0 Å². The molecule has 0 aliphatic heterocycles. The van der Waals surface area contributed by atoms with E-state index in [1.165, 1.54) is 6.20 Å². The zero-order valence-electron chi connectivity index (χ0n) is 17.6. The number of rotatable bonds is 11. The summed E-state index contributed by atoms with van der Waals surface area (Å²) < 4.78 is 67.2. The molecule has 0 atom stereocenters. The minimum absolute atomic E-state index is 0.219. The number of carbonyl (C=O) groups is 1. The van der Waals surface area contributed by atoms with E-state index in [1.807, 2.05) is 0 Å². The molecule has 13 heteroatoms. The number of hydrogen-bond donors (Lipinski definition) is 2. The van der Waals surface area contributed by atoms with E-state index in [0.717, 1.165) is 31.8 Å². The molecule has 0 unspecified atom stereocenters. The van der Waals surface area contributed by atoms with E-state index in [-0.39, 0.29) is 13.0 Å². The Morgan fingerprint density at radius 3 is 2.56 bits per heavy atom. The van der Waals surface area contributed by atoms with Crippen molar-refractivity contribution in [1.82, 2.24) is 19.4 Å². The van der Waals surface area contributed by atoms with Gasteiger partial charge in [-0.1, -0.05) is 25.4 Å². The Bertz CT molecular complexity index is 1020. The lowest BCUT2D eigenvalue weighted by molar-refractivity contribution is -0.137. The van der Waals surface area contributed by atoms with Gasteiger partial charge in [0.2, 0.25) is 15.9 Å². The van der Waals surface area contributed by atoms with Gasteiger partial charge in [-0.05, 0) is 31.3 Å². The molecule has 1 aromatic heterocycles. The topological polar surface area (TPSA) is 96.3 Å². The summed E-state index contributed by atoms with van der Waals surface area (Å²) in [4.78, 5) is 13.7. The van der Waals surface area contributed by atoms with Gasteiger partial charge in [0.25, 0.3) is 0 Å². The van der Waals surface area contributed by atoms with Crippen LogP contribution in [0.3, 0.4) is 0 Å². The highest BCUT2D eigenvalue weighted by Crippen LogP contribution is 2.35.